The van der Waals surface area contributed by atoms with Crippen molar-refractivity contribution in [2.24, 2.45) is 0 Å². The minimum absolute atomic E-state index is 0.0790. The van der Waals surface area contributed by atoms with Gasteiger partial charge in [-0.25, -0.2) is 0 Å². The third-order valence-corrected chi connectivity index (χ3v) is 5.52. The summed E-state index contributed by atoms with van der Waals surface area (Å²) in [5, 5.41) is 4.87. The lowest BCUT2D eigenvalue weighted by Crippen LogP contribution is -3.14. The van der Waals surface area contributed by atoms with Crippen LogP contribution < -0.4 is 20.5 Å². The van der Waals surface area contributed by atoms with E-state index in [1.165, 1.54) is 4.90 Å². The van der Waals surface area contributed by atoms with Crippen molar-refractivity contribution in [3.63, 3.8) is 0 Å². The van der Waals surface area contributed by atoms with Gasteiger partial charge in [-0.1, -0.05) is 0 Å². The molecule has 29 heavy (non-hydrogen) atoms. The van der Waals surface area contributed by atoms with Crippen LogP contribution >= 0.6 is 12.2 Å². The molecule has 1 aliphatic heterocycles. The fourth-order valence-corrected chi connectivity index (χ4v) is 3.83. The van der Waals surface area contributed by atoms with E-state index in [4.69, 9.17) is 21.7 Å². The summed E-state index contributed by atoms with van der Waals surface area (Å²) in [5.74, 6) is 0.800. The van der Waals surface area contributed by atoms with Crippen molar-refractivity contribution in [1.29, 1.82) is 0 Å². The average Bonchev–Trinajstić information content (AvgIpc) is 2.72. The Morgan fingerprint density at radius 2 is 2.10 bits per heavy atom. The van der Waals surface area contributed by atoms with E-state index in [-0.39, 0.29) is 5.56 Å². The molecule has 3 N–H and O–H groups in total. The van der Waals surface area contributed by atoms with Gasteiger partial charge in [0.15, 0.2) is 5.11 Å². The normalized spacial score (nSPS) is 14.7. The summed E-state index contributed by atoms with van der Waals surface area (Å²) in [6, 6.07) is 7.66. The molecule has 3 rings (SSSR count). The highest BCUT2D eigenvalue weighted by molar-refractivity contribution is 7.80. The summed E-state index contributed by atoms with van der Waals surface area (Å²) >= 11 is 5.58. The number of rotatable bonds is 8. The Bertz CT molecular complexity index is 880. The quantitative estimate of drug-likeness (QED) is 0.543. The molecule has 1 saturated heterocycles. The number of hydrogen-bond donors (Lipinski definition) is 3. The largest absolute Gasteiger partial charge is 0.494 e. The SMILES string of the molecule is CCNC(=S)N(CC[NH+]1CCOCC1)Cc1cc2cc(OCC)ccc2[nH]c1=O. The van der Waals surface area contributed by atoms with Crippen molar-refractivity contribution >= 4 is 28.2 Å². The van der Waals surface area contributed by atoms with Gasteiger partial charge in [0.25, 0.3) is 5.56 Å². The number of nitrogens with zero attached hydrogens (tertiary/aromatic N) is 1. The van der Waals surface area contributed by atoms with Gasteiger partial charge in [0, 0.05) is 23.0 Å². The summed E-state index contributed by atoms with van der Waals surface area (Å²) < 4.78 is 11.0. The van der Waals surface area contributed by atoms with Crippen LogP contribution in [0.2, 0.25) is 0 Å². The molecule has 8 heteroatoms. The molecular formula is C21H31N4O3S+. The van der Waals surface area contributed by atoms with Gasteiger partial charge in [-0.3, -0.25) is 4.79 Å². The van der Waals surface area contributed by atoms with E-state index >= 15 is 0 Å². The highest BCUT2D eigenvalue weighted by Gasteiger charge is 2.18. The summed E-state index contributed by atoms with van der Waals surface area (Å²) in [6.45, 7) is 11.2. The molecule has 0 saturated carbocycles. The maximum Gasteiger partial charge on any atom is 0.253 e. The number of benzene rings is 1. The number of morpholine rings is 1. The third kappa shape index (κ3) is 5.91. The number of quaternary nitrogens is 1. The summed E-state index contributed by atoms with van der Waals surface area (Å²) in [5.41, 5.74) is 1.42. The van der Waals surface area contributed by atoms with E-state index in [9.17, 15) is 4.79 Å². The zero-order chi connectivity index (χ0) is 20.6. The van der Waals surface area contributed by atoms with Gasteiger partial charge in [0.2, 0.25) is 0 Å². The van der Waals surface area contributed by atoms with Gasteiger partial charge in [0.05, 0.1) is 39.5 Å². The monoisotopic (exact) mass is 419 g/mol. The number of nitrogens with one attached hydrogen (secondary N) is 3. The van der Waals surface area contributed by atoms with Crippen molar-refractivity contribution in [3.8, 4) is 5.75 Å². The lowest BCUT2D eigenvalue weighted by molar-refractivity contribution is -0.907. The molecular weight excluding hydrogens is 388 g/mol. The molecule has 158 valence electrons. The van der Waals surface area contributed by atoms with Gasteiger partial charge in [-0.05, 0) is 50.3 Å². The van der Waals surface area contributed by atoms with E-state index in [0.29, 0.717) is 23.8 Å². The number of hydrogen-bond acceptors (Lipinski definition) is 4. The van der Waals surface area contributed by atoms with Crippen molar-refractivity contribution in [2.45, 2.75) is 20.4 Å². The number of thiocarbonyl (C=S) groups is 1. The summed E-state index contributed by atoms with van der Waals surface area (Å²) in [4.78, 5) is 19.2. The third-order valence-electron chi connectivity index (χ3n) is 5.12. The molecule has 1 aromatic heterocycles. The number of aromatic nitrogens is 1. The molecule has 2 heterocycles. The Labute approximate surface area is 177 Å². The zero-order valence-electron chi connectivity index (χ0n) is 17.3. The number of H-pyrrole nitrogens is 1. The van der Waals surface area contributed by atoms with Crippen LogP contribution in [0.1, 0.15) is 19.4 Å². The molecule has 0 spiro atoms. The standard InChI is InChI=1S/C21H30N4O3S/c1-3-22-21(29)25(8-7-24-9-11-27-12-10-24)15-17-13-16-14-18(28-4-2)5-6-19(16)23-20(17)26/h5-6,13-14H,3-4,7-12,15H2,1-2H3,(H,22,29)(H,23,26)/p+1. The van der Waals surface area contributed by atoms with Gasteiger partial charge in [-0.2, -0.15) is 0 Å². The second-order valence-electron chi connectivity index (χ2n) is 7.18. The first-order chi connectivity index (χ1) is 14.1. The number of ether oxygens (including phenoxy) is 2. The predicted octanol–water partition coefficient (Wildman–Crippen LogP) is 0.538. The van der Waals surface area contributed by atoms with Gasteiger partial charge in [-0.15, -0.1) is 0 Å². The molecule has 0 atom stereocenters. The number of aromatic amines is 1. The highest BCUT2D eigenvalue weighted by atomic mass is 32.1. The van der Waals surface area contributed by atoms with E-state index in [2.05, 4.69) is 15.2 Å². The van der Waals surface area contributed by atoms with Crippen LogP contribution in [0.25, 0.3) is 10.9 Å². The Kier molecular flexibility index (Phi) is 7.85. The maximum absolute atomic E-state index is 12.7. The van der Waals surface area contributed by atoms with Crippen molar-refractivity contribution in [2.75, 3.05) is 52.5 Å². The van der Waals surface area contributed by atoms with Crippen molar-refractivity contribution < 1.29 is 14.4 Å². The van der Waals surface area contributed by atoms with E-state index in [1.54, 1.807) is 0 Å². The second-order valence-corrected chi connectivity index (χ2v) is 7.56. The molecule has 0 radical (unpaired) electrons. The van der Waals surface area contributed by atoms with Crippen LogP contribution in [-0.2, 0) is 11.3 Å². The molecule has 0 unspecified atom stereocenters. The topological polar surface area (TPSA) is 71.0 Å². The van der Waals surface area contributed by atoms with Crippen LogP contribution in [0.3, 0.4) is 0 Å². The average molecular weight is 420 g/mol. The van der Waals surface area contributed by atoms with E-state index in [0.717, 1.165) is 62.6 Å². The zero-order valence-corrected chi connectivity index (χ0v) is 18.1. The predicted molar refractivity (Wildman–Crippen MR) is 119 cm³/mol. The van der Waals surface area contributed by atoms with E-state index < -0.39 is 0 Å². The molecule has 0 aliphatic carbocycles. The van der Waals surface area contributed by atoms with Crippen LogP contribution in [0, 0.1) is 0 Å². The minimum atomic E-state index is -0.0790. The van der Waals surface area contributed by atoms with Crippen LogP contribution in [0.15, 0.2) is 29.1 Å². The highest BCUT2D eigenvalue weighted by Crippen LogP contribution is 2.19. The Morgan fingerprint density at radius 3 is 2.83 bits per heavy atom. The summed E-state index contributed by atoms with van der Waals surface area (Å²) in [7, 11) is 0. The molecule has 7 nitrogen and oxygen atoms in total. The van der Waals surface area contributed by atoms with Crippen LogP contribution in [0.5, 0.6) is 5.75 Å². The smallest absolute Gasteiger partial charge is 0.253 e. The molecule has 1 fully saturated rings. The van der Waals surface area contributed by atoms with Gasteiger partial charge < -0.3 is 29.6 Å². The molecule has 0 amide bonds. The van der Waals surface area contributed by atoms with Crippen molar-refractivity contribution in [1.82, 2.24) is 15.2 Å². The number of pyridine rings is 1. The fraction of sp³-hybridized carbons (Fsp3) is 0.524. The van der Waals surface area contributed by atoms with Crippen LogP contribution in [0.4, 0.5) is 0 Å². The first-order valence-corrected chi connectivity index (χ1v) is 10.7. The number of fused-ring (bicyclic) bond motifs is 1. The van der Waals surface area contributed by atoms with E-state index in [1.807, 2.05) is 38.1 Å². The first kappa shape index (κ1) is 21.5. The second kappa shape index (κ2) is 10.6. The Balaban J connectivity index is 1.78. The molecule has 1 aliphatic rings. The Hall–Kier alpha value is -2.16. The van der Waals surface area contributed by atoms with Gasteiger partial charge >= 0.3 is 0 Å². The van der Waals surface area contributed by atoms with Crippen molar-refractivity contribution in [3.05, 3.63) is 40.2 Å². The molecule has 2 aromatic rings. The Morgan fingerprint density at radius 1 is 1.31 bits per heavy atom. The fourth-order valence-electron chi connectivity index (χ4n) is 3.53. The summed E-state index contributed by atoms with van der Waals surface area (Å²) in [6.07, 6.45) is 0. The van der Waals surface area contributed by atoms with Gasteiger partial charge in [0.1, 0.15) is 18.8 Å². The maximum atomic E-state index is 12.7. The molecule has 0 bridgehead atoms. The lowest BCUT2D eigenvalue weighted by atomic mass is 10.1. The minimum Gasteiger partial charge on any atom is -0.494 e. The molecule has 1 aromatic carbocycles. The lowest BCUT2D eigenvalue weighted by Gasteiger charge is -2.29. The first-order valence-electron chi connectivity index (χ1n) is 10.3. The van der Waals surface area contributed by atoms with Crippen LogP contribution in [-0.4, -0.2) is 67.5 Å².